The molecule has 98 valence electrons. The van der Waals surface area contributed by atoms with Gasteiger partial charge >= 0.3 is 5.97 Å². The van der Waals surface area contributed by atoms with Gasteiger partial charge in [0.1, 0.15) is 13.6 Å². The van der Waals surface area contributed by atoms with Gasteiger partial charge in [-0.2, -0.15) is 0 Å². The van der Waals surface area contributed by atoms with Crippen molar-refractivity contribution in [3.8, 4) is 0 Å². The Morgan fingerprint density at radius 3 is 2.20 bits per heavy atom. The molecule has 0 unspecified atom stereocenters. The van der Waals surface area contributed by atoms with Crippen LogP contribution in [0.5, 0.6) is 0 Å². The molecule has 0 spiro atoms. The average Bonchev–Trinajstić information content (AvgIpc) is 2.81. The van der Waals surface area contributed by atoms with E-state index >= 15 is 0 Å². The lowest BCUT2D eigenvalue weighted by molar-refractivity contribution is 0.0717. The summed E-state index contributed by atoms with van der Waals surface area (Å²) in [7, 11) is 5.63. The maximum atomic E-state index is 11.6. The first-order valence-electron chi connectivity index (χ1n) is 6.63. The molecule has 3 rings (SSSR count). The van der Waals surface area contributed by atoms with E-state index in [-0.39, 0.29) is 5.97 Å². The zero-order valence-corrected chi connectivity index (χ0v) is 11.6. The van der Waals surface area contributed by atoms with Crippen LogP contribution >= 0.6 is 0 Å². The summed E-state index contributed by atoms with van der Waals surface area (Å²) in [4.78, 5) is 11.6. The molecule has 3 heteroatoms. The van der Waals surface area contributed by atoms with Crippen LogP contribution in [0.15, 0.2) is 48.5 Å². The third-order valence-corrected chi connectivity index (χ3v) is 2.85. The van der Waals surface area contributed by atoms with Crippen LogP contribution in [0.1, 0.15) is 35.3 Å². The summed E-state index contributed by atoms with van der Waals surface area (Å²) in [6, 6.07) is 14.8. The average molecular weight is 262 g/mol. The van der Waals surface area contributed by atoms with Crippen molar-refractivity contribution in [1.82, 2.24) is 0 Å². The van der Waals surface area contributed by atoms with Crippen molar-refractivity contribution >= 4 is 31.1 Å². The topological polar surface area (TPSA) is 26.3 Å². The summed E-state index contributed by atoms with van der Waals surface area (Å²) in [6.07, 6.45) is 1.84. The van der Waals surface area contributed by atoms with E-state index in [4.69, 9.17) is 12.6 Å². The molecular formula is C17H15BO2. The van der Waals surface area contributed by atoms with E-state index in [0.717, 1.165) is 11.1 Å². The van der Waals surface area contributed by atoms with Crippen molar-refractivity contribution in [1.29, 1.82) is 0 Å². The van der Waals surface area contributed by atoms with Crippen LogP contribution in [-0.4, -0.2) is 13.8 Å². The number of carbonyl (C=O) groups excluding carboxylic acids is 1. The summed E-state index contributed by atoms with van der Waals surface area (Å²) in [6.45, 7) is 4.00. The highest BCUT2D eigenvalue weighted by Crippen LogP contribution is 2.30. The summed E-state index contributed by atoms with van der Waals surface area (Å²) in [5.41, 5.74) is 3.10. The minimum atomic E-state index is -0.299. The fourth-order valence-electron chi connectivity index (χ4n) is 1.94. The number of hydrogen-bond acceptors (Lipinski definition) is 2. The zero-order valence-electron chi connectivity index (χ0n) is 11.6. The van der Waals surface area contributed by atoms with Crippen LogP contribution in [0.25, 0.3) is 11.8 Å². The first kappa shape index (κ1) is 14.1. The van der Waals surface area contributed by atoms with E-state index < -0.39 is 0 Å². The van der Waals surface area contributed by atoms with Gasteiger partial charge < -0.3 is 4.74 Å². The molecule has 0 atom stereocenters. The monoisotopic (exact) mass is 262 g/mol. The van der Waals surface area contributed by atoms with Gasteiger partial charge in [0.15, 0.2) is 0 Å². The fourth-order valence-corrected chi connectivity index (χ4v) is 1.94. The highest BCUT2D eigenvalue weighted by molar-refractivity contribution is 6.32. The van der Waals surface area contributed by atoms with Gasteiger partial charge in [-0.3, -0.25) is 0 Å². The van der Waals surface area contributed by atoms with E-state index in [1.807, 2.05) is 62.4 Å². The lowest BCUT2D eigenvalue weighted by Gasteiger charge is -1.99. The van der Waals surface area contributed by atoms with Gasteiger partial charge in [0.25, 0.3) is 0 Å². The Morgan fingerprint density at radius 1 is 0.950 bits per heavy atom. The first-order valence-corrected chi connectivity index (χ1v) is 6.63. The Hall–Kier alpha value is -2.29. The Labute approximate surface area is 120 Å². The minimum absolute atomic E-state index is 0.299. The number of carbonyl (C=O) groups is 1. The predicted octanol–water partition coefficient (Wildman–Crippen LogP) is 3.18. The SMILES string of the molecule is CC.[B]c1ccc(/C=C2\OC(=O)c3ccccc32)cc1. The molecule has 2 radical (unpaired) electrons. The lowest BCUT2D eigenvalue weighted by Crippen LogP contribution is -1.99. The molecule has 0 fully saturated rings. The number of fused-ring (bicyclic) bond motifs is 1. The van der Waals surface area contributed by atoms with Crippen molar-refractivity contribution < 1.29 is 9.53 Å². The van der Waals surface area contributed by atoms with Crippen LogP contribution in [0.4, 0.5) is 0 Å². The number of benzene rings is 2. The lowest BCUT2D eigenvalue weighted by atomic mass is 9.95. The van der Waals surface area contributed by atoms with E-state index in [2.05, 4.69) is 0 Å². The molecule has 2 nitrogen and oxygen atoms in total. The third kappa shape index (κ3) is 2.82. The second kappa shape index (κ2) is 6.24. The van der Waals surface area contributed by atoms with Gasteiger partial charge in [-0.15, -0.1) is 0 Å². The number of hydrogen-bond donors (Lipinski definition) is 0. The summed E-state index contributed by atoms with van der Waals surface area (Å²) >= 11 is 0. The smallest absolute Gasteiger partial charge is 0.344 e. The zero-order chi connectivity index (χ0) is 14.5. The van der Waals surface area contributed by atoms with Crippen LogP contribution in [0.3, 0.4) is 0 Å². The van der Waals surface area contributed by atoms with E-state index in [0.29, 0.717) is 16.8 Å². The van der Waals surface area contributed by atoms with Gasteiger partial charge in [-0.1, -0.05) is 61.8 Å². The van der Waals surface area contributed by atoms with Gasteiger partial charge in [0, 0.05) is 5.56 Å². The Kier molecular flexibility index (Phi) is 4.41. The van der Waals surface area contributed by atoms with Gasteiger partial charge in [-0.05, 0) is 17.7 Å². The van der Waals surface area contributed by atoms with Crippen molar-refractivity contribution in [3.63, 3.8) is 0 Å². The van der Waals surface area contributed by atoms with Crippen LogP contribution in [0, 0.1) is 0 Å². The molecule has 20 heavy (non-hydrogen) atoms. The quantitative estimate of drug-likeness (QED) is 0.582. The molecule has 2 aromatic rings. The van der Waals surface area contributed by atoms with E-state index in [1.54, 1.807) is 6.07 Å². The van der Waals surface area contributed by atoms with Crippen molar-refractivity contribution in [3.05, 3.63) is 65.2 Å². The Morgan fingerprint density at radius 2 is 1.55 bits per heavy atom. The maximum absolute atomic E-state index is 11.6. The molecular weight excluding hydrogens is 247 g/mol. The van der Waals surface area contributed by atoms with Crippen LogP contribution in [-0.2, 0) is 4.74 Å². The van der Waals surface area contributed by atoms with Gasteiger partial charge in [-0.25, -0.2) is 4.79 Å². The largest absolute Gasteiger partial charge is 0.422 e. The Balaban J connectivity index is 0.000000704. The molecule has 0 bridgehead atoms. The molecule has 0 aliphatic carbocycles. The molecule has 0 saturated heterocycles. The molecule has 1 aliphatic heterocycles. The second-order valence-corrected chi connectivity index (χ2v) is 4.11. The highest BCUT2D eigenvalue weighted by atomic mass is 16.5. The molecule has 0 saturated carbocycles. The maximum Gasteiger partial charge on any atom is 0.344 e. The van der Waals surface area contributed by atoms with E-state index in [1.165, 1.54) is 0 Å². The fraction of sp³-hybridized carbons (Fsp3) is 0.118. The van der Waals surface area contributed by atoms with Gasteiger partial charge in [0.05, 0.1) is 5.56 Å². The molecule has 1 heterocycles. The third-order valence-electron chi connectivity index (χ3n) is 2.85. The molecule has 0 N–H and O–H groups in total. The number of rotatable bonds is 1. The first-order chi connectivity index (χ1) is 9.74. The summed E-state index contributed by atoms with van der Waals surface area (Å²) < 4.78 is 5.26. The van der Waals surface area contributed by atoms with Crippen molar-refractivity contribution in [2.24, 2.45) is 0 Å². The van der Waals surface area contributed by atoms with Crippen LogP contribution in [0.2, 0.25) is 0 Å². The van der Waals surface area contributed by atoms with Crippen molar-refractivity contribution in [2.75, 3.05) is 0 Å². The molecule has 2 aromatic carbocycles. The number of esters is 1. The van der Waals surface area contributed by atoms with E-state index in [9.17, 15) is 4.79 Å². The summed E-state index contributed by atoms with van der Waals surface area (Å²) in [5.74, 6) is 0.285. The second-order valence-electron chi connectivity index (χ2n) is 4.11. The van der Waals surface area contributed by atoms with Crippen molar-refractivity contribution in [2.45, 2.75) is 13.8 Å². The number of cyclic esters (lactones) is 1. The molecule has 0 amide bonds. The predicted molar refractivity (Wildman–Crippen MR) is 82.9 cm³/mol. The molecule has 0 aromatic heterocycles. The molecule has 1 aliphatic rings. The Bertz CT molecular complexity index is 642. The number of ether oxygens (including phenoxy) is 1. The highest BCUT2D eigenvalue weighted by Gasteiger charge is 2.25. The standard InChI is InChI=1S/C15H9BO2.C2H6/c16-11-7-5-10(6-8-11)9-14-12-3-1-2-4-13(12)15(17)18-14;1-2/h1-9H;1-2H3/b14-9-;. The van der Waals surface area contributed by atoms with Crippen LogP contribution < -0.4 is 5.46 Å². The minimum Gasteiger partial charge on any atom is -0.422 e. The summed E-state index contributed by atoms with van der Waals surface area (Å²) in [5, 5.41) is 0. The normalized spacial score (nSPS) is 14.3. The van der Waals surface area contributed by atoms with Gasteiger partial charge in [0.2, 0.25) is 0 Å².